The van der Waals surface area contributed by atoms with Crippen LogP contribution < -0.4 is 5.32 Å². The highest BCUT2D eigenvalue weighted by Crippen LogP contribution is 2.20. The number of hydrogen-bond acceptors (Lipinski definition) is 4. The number of aromatic nitrogens is 3. The number of rotatable bonds is 10. The number of H-pyrrole nitrogens is 1. The minimum atomic E-state index is -1.01. The average molecular weight is 334 g/mol. The first-order valence-corrected chi connectivity index (χ1v) is 8.14. The van der Waals surface area contributed by atoms with Crippen LogP contribution in [-0.2, 0) is 9.59 Å². The summed E-state index contributed by atoms with van der Waals surface area (Å²) < 4.78 is 0. The van der Waals surface area contributed by atoms with Gasteiger partial charge in [-0.3, -0.25) is 14.9 Å². The number of carbonyl (C=O) groups excluding carboxylic acids is 1. The molecule has 0 aliphatic carbocycles. The van der Waals surface area contributed by atoms with Gasteiger partial charge in [0.1, 0.15) is 6.33 Å². The molecular formula is C17H26N4O3. The van der Waals surface area contributed by atoms with E-state index in [1.807, 2.05) is 19.1 Å². The van der Waals surface area contributed by atoms with Gasteiger partial charge in [-0.15, -0.1) is 0 Å². The number of nitrogens with one attached hydrogen (secondary N) is 2. The van der Waals surface area contributed by atoms with E-state index in [0.717, 1.165) is 19.3 Å². The van der Waals surface area contributed by atoms with Crippen molar-refractivity contribution in [3.05, 3.63) is 30.1 Å². The predicted molar refractivity (Wildman–Crippen MR) is 92.3 cm³/mol. The van der Waals surface area contributed by atoms with Crippen molar-refractivity contribution in [2.24, 2.45) is 11.8 Å². The van der Waals surface area contributed by atoms with Crippen LogP contribution in [0.1, 0.15) is 46.5 Å². The van der Waals surface area contributed by atoms with Crippen LogP contribution in [0.15, 0.2) is 30.1 Å². The zero-order chi connectivity index (χ0) is 17.9. The molecule has 0 fully saturated rings. The molecule has 24 heavy (non-hydrogen) atoms. The third kappa shape index (κ3) is 7.21. The molecule has 2 atom stereocenters. The Morgan fingerprint density at radius 3 is 2.75 bits per heavy atom. The van der Waals surface area contributed by atoms with E-state index in [0.29, 0.717) is 0 Å². The summed E-state index contributed by atoms with van der Waals surface area (Å²) >= 11 is 0. The van der Waals surface area contributed by atoms with E-state index in [2.05, 4.69) is 40.4 Å². The molecule has 1 heterocycles. The fourth-order valence-electron chi connectivity index (χ4n) is 2.20. The molecule has 0 spiro atoms. The van der Waals surface area contributed by atoms with Crippen LogP contribution in [-0.4, -0.2) is 32.2 Å². The van der Waals surface area contributed by atoms with Gasteiger partial charge >= 0.3 is 5.97 Å². The van der Waals surface area contributed by atoms with E-state index < -0.39 is 11.9 Å². The Kier molecular flexibility index (Phi) is 8.46. The van der Waals surface area contributed by atoms with E-state index in [1.54, 1.807) is 0 Å². The number of aliphatic carboxylic acids is 1. The van der Waals surface area contributed by atoms with Crippen molar-refractivity contribution in [2.45, 2.75) is 46.5 Å². The van der Waals surface area contributed by atoms with Crippen LogP contribution in [0.2, 0.25) is 0 Å². The molecule has 0 saturated carbocycles. The highest BCUT2D eigenvalue weighted by Gasteiger charge is 2.26. The minimum Gasteiger partial charge on any atom is -0.481 e. The Labute approximate surface area is 142 Å². The molecule has 0 aromatic carbocycles. The number of anilines is 1. The molecule has 7 nitrogen and oxygen atoms in total. The Bertz CT molecular complexity index is 579. The lowest BCUT2D eigenvalue weighted by molar-refractivity contribution is -0.140. The summed E-state index contributed by atoms with van der Waals surface area (Å²) in [6.07, 6.45) is 9.99. The first kappa shape index (κ1) is 19.6. The Hall–Kier alpha value is -2.44. The number of carboxylic acids is 1. The lowest BCUT2D eigenvalue weighted by Crippen LogP contribution is -2.30. The SMILES string of the molecule is CCC(C)=CCCC=CC(C)C(CC(=O)O)C(=O)Nc1ncn[nH]1. The molecule has 1 aromatic rings. The van der Waals surface area contributed by atoms with Crippen molar-refractivity contribution in [3.8, 4) is 0 Å². The molecule has 1 aromatic heterocycles. The summed E-state index contributed by atoms with van der Waals surface area (Å²) in [6.45, 7) is 6.06. The molecule has 1 amide bonds. The average Bonchev–Trinajstić information content (AvgIpc) is 3.04. The van der Waals surface area contributed by atoms with Gasteiger partial charge in [-0.25, -0.2) is 5.10 Å². The van der Waals surface area contributed by atoms with Crippen LogP contribution in [0.5, 0.6) is 0 Å². The van der Waals surface area contributed by atoms with Crippen molar-refractivity contribution in [3.63, 3.8) is 0 Å². The van der Waals surface area contributed by atoms with Gasteiger partial charge in [0, 0.05) is 0 Å². The predicted octanol–water partition coefficient (Wildman–Crippen LogP) is 3.16. The van der Waals surface area contributed by atoms with Crippen LogP contribution in [0, 0.1) is 11.8 Å². The topological polar surface area (TPSA) is 108 Å². The number of carbonyl (C=O) groups is 2. The normalized spacial score (nSPS) is 14.5. The molecule has 0 radical (unpaired) electrons. The smallest absolute Gasteiger partial charge is 0.304 e. The van der Waals surface area contributed by atoms with E-state index in [4.69, 9.17) is 5.11 Å². The second-order valence-corrected chi connectivity index (χ2v) is 5.80. The fourth-order valence-corrected chi connectivity index (χ4v) is 2.20. The van der Waals surface area contributed by atoms with Gasteiger partial charge in [0.15, 0.2) is 0 Å². The third-order valence-electron chi connectivity index (χ3n) is 3.85. The molecule has 1 rings (SSSR count). The van der Waals surface area contributed by atoms with Gasteiger partial charge in [0.05, 0.1) is 12.3 Å². The second kappa shape index (κ2) is 10.4. The van der Waals surface area contributed by atoms with Crippen molar-refractivity contribution in [1.29, 1.82) is 0 Å². The Balaban J connectivity index is 2.62. The van der Waals surface area contributed by atoms with E-state index in [-0.39, 0.29) is 24.2 Å². The van der Waals surface area contributed by atoms with Crippen molar-refractivity contribution in [1.82, 2.24) is 15.2 Å². The van der Waals surface area contributed by atoms with E-state index >= 15 is 0 Å². The summed E-state index contributed by atoms with van der Waals surface area (Å²) in [6, 6.07) is 0. The Morgan fingerprint density at radius 1 is 1.42 bits per heavy atom. The summed E-state index contributed by atoms with van der Waals surface area (Å²) in [4.78, 5) is 27.2. The number of nitrogens with zero attached hydrogens (tertiary/aromatic N) is 2. The first-order chi connectivity index (χ1) is 11.4. The molecule has 3 N–H and O–H groups in total. The number of aromatic amines is 1. The van der Waals surface area contributed by atoms with Gasteiger partial charge in [-0.1, -0.05) is 37.6 Å². The monoisotopic (exact) mass is 334 g/mol. The van der Waals surface area contributed by atoms with Gasteiger partial charge < -0.3 is 5.11 Å². The number of carboxylic acid groups (broad SMARTS) is 1. The largest absolute Gasteiger partial charge is 0.481 e. The lowest BCUT2D eigenvalue weighted by atomic mass is 9.89. The maximum absolute atomic E-state index is 12.3. The maximum Gasteiger partial charge on any atom is 0.304 e. The summed E-state index contributed by atoms with van der Waals surface area (Å²) in [7, 11) is 0. The zero-order valence-corrected chi connectivity index (χ0v) is 14.5. The molecule has 7 heteroatoms. The van der Waals surface area contributed by atoms with Crippen LogP contribution >= 0.6 is 0 Å². The Morgan fingerprint density at radius 2 is 2.17 bits per heavy atom. The lowest BCUT2D eigenvalue weighted by Gasteiger charge is -2.18. The number of allylic oxidation sites excluding steroid dienone is 4. The number of hydrogen-bond donors (Lipinski definition) is 3. The maximum atomic E-state index is 12.3. The van der Waals surface area contributed by atoms with Gasteiger partial charge in [-0.05, 0) is 32.1 Å². The fraction of sp³-hybridized carbons (Fsp3) is 0.529. The van der Waals surface area contributed by atoms with Crippen molar-refractivity contribution in [2.75, 3.05) is 5.32 Å². The van der Waals surface area contributed by atoms with Crippen LogP contribution in [0.4, 0.5) is 5.95 Å². The number of unbranched alkanes of at least 4 members (excludes halogenated alkanes) is 1. The first-order valence-electron chi connectivity index (χ1n) is 8.14. The molecule has 0 bridgehead atoms. The standard InChI is InChI=1S/C17H26N4O3/c1-4-12(2)8-6-5-7-9-13(3)14(10-15(22)23)16(24)20-17-18-11-19-21-17/h7-9,11,13-14H,4-6,10H2,1-3H3,(H,22,23)(H2,18,19,20,21,24). The van der Waals surface area contributed by atoms with Gasteiger partial charge in [0.2, 0.25) is 11.9 Å². The molecular weight excluding hydrogens is 308 g/mol. The minimum absolute atomic E-state index is 0.194. The van der Waals surface area contributed by atoms with Crippen molar-refractivity contribution < 1.29 is 14.7 Å². The van der Waals surface area contributed by atoms with Gasteiger partial charge in [0.25, 0.3) is 0 Å². The van der Waals surface area contributed by atoms with E-state index in [1.165, 1.54) is 11.9 Å². The molecule has 0 aliphatic heterocycles. The van der Waals surface area contributed by atoms with E-state index in [9.17, 15) is 9.59 Å². The summed E-state index contributed by atoms with van der Waals surface area (Å²) in [5.41, 5.74) is 1.35. The van der Waals surface area contributed by atoms with Crippen molar-refractivity contribution >= 4 is 17.8 Å². The summed E-state index contributed by atoms with van der Waals surface area (Å²) in [5.74, 6) is -2.04. The highest BCUT2D eigenvalue weighted by molar-refractivity contribution is 5.93. The highest BCUT2D eigenvalue weighted by atomic mass is 16.4. The molecule has 0 aliphatic rings. The molecule has 132 valence electrons. The van der Waals surface area contributed by atoms with Gasteiger partial charge in [-0.2, -0.15) is 10.1 Å². The number of amides is 1. The quantitative estimate of drug-likeness (QED) is 0.450. The third-order valence-corrected chi connectivity index (χ3v) is 3.85. The summed E-state index contributed by atoms with van der Waals surface area (Å²) in [5, 5.41) is 17.8. The zero-order valence-electron chi connectivity index (χ0n) is 14.5. The van der Waals surface area contributed by atoms with Crippen LogP contribution in [0.3, 0.4) is 0 Å². The van der Waals surface area contributed by atoms with Crippen LogP contribution in [0.25, 0.3) is 0 Å². The molecule has 0 saturated heterocycles. The molecule has 2 unspecified atom stereocenters. The second-order valence-electron chi connectivity index (χ2n) is 5.80.